The van der Waals surface area contributed by atoms with Gasteiger partial charge in [0.25, 0.3) is 0 Å². The minimum absolute atomic E-state index is 0.0185. The molecule has 1 aliphatic rings. The summed E-state index contributed by atoms with van der Waals surface area (Å²) in [7, 11) is 1.83. The van der Waals surface area contributed by atoms with Crippen molar-refractivity contribution in [3.8, 4) is 0 Å². The standard InChI is InChI=1S/C12H14BN4O/c1-6-8-5-9(13-2)11(18)17(7-3-4-7)10(8)16-12(14)15-6/h5,7H,3-4H2,1-2H3,(H2,14,15,16). The molecular weight excluding hydrogens is 227 g/mol. The van der Waals surface area contributed by atoms with Crippen molar-refractivity contribution in [2.24, 2.45) is 0 Å². The van der Waals surface area contributed by atoms with Gasteiger partial charge in [0, 0.05) is 11.4 Å². The van der Waals surface area contributed by atoms with Crippen LogP contribution in [0.4, 0.5) is 5.95 Å². The lowest BCUT2D eigenvalue weighted by atomic mass is 9.73. The summed E-state index contributed by atoms with van der Waals surface area (Å²) in [4.78, 5) is 20.8. The highest BCUT2D eigenvalue weighted by molar-refractivity contribution is 6.52. The summed E-state index contributed by atoms with van der Waals surface area (Å²) in [6.45, 7) is 3.76. The third-order valence-electron chi connectivity index (χ3n) is 3.35. The molecule has 0 saturated heterocycles. The van der Waals surface area contributed by atoms with E-state index in [9.17, 15) is 4.79 Å². The van der Waals surface area contributed by atoms with Gasteiger partial charge < -0.3 is 5.73 Å². The Kier molecular flexibility index (Phi) is 2.40. The monoisotopic (exact) mass is 241 g/mol. The summed E-state index contributed by atoms with van der Waals surface area (Å²) in [6.07, 6.45) is 2.07. The normalized spacial score (nSPS) is 15.0. The summed E-state index contributed by atoms with van der Waals surface area (Å²) in [5.41, 5.74) is 7.89. The van der Waals surface area contributed by atoms with Gasteiger partial charge in [-0.3, -0.25) is 9.36 Å². The first kappa shape index (κ1) is 11.3. The van der Waals surface area contributed by atoms with E-state index in [1.165, 1.54) is 0 Å². The molecule has 0 bridgehead atoms. The molecule has 0 amide bonds. The highest BCUT2D eigenvalue weighted by Gasteiger charge is 2.28. The number of aryl methyl sites for hydroxylation is 1. The number of rotatable bonds is 2. The fourth-order valence-electron chi connectivity index (χ4n) is 2.27. The first-order valence-electron chi connectivity index (χ1n) is 6.10. The van der Waals surface area contributed by atoms with Gasteiger partial charge in [-0.2, -0.15) is 4.98 Å². The van der Waals surface area contributed by atoms with Crippen molar-refractivity contribution in [1.29, 1.82) is 0 Å². The zero-order chi connectivity index (χ0) is 12.9. The van der Waals surface area contributed by atoms with Crippen molar-refractivity contribution in [3.05, 3.63) is 22.1 Å². The van der Waals surface area contributed by atoms with E-state index in [2.05, 4.69) is 9.97 Å². The van der Waals surface area contributed by atoms with Gasteiger partial charge in [0.2, 0.25) is 11.5 Å². The SMILES string of the molecule is C[B]c1cc2c(C)nc(N)nc2n(C2CC2)c1=O. The number of nitrogen functional groups attached to an aromatic ring is 1. The van der Waals surface area contributed by atoms with Crippen LogP contribution in [-0.2, 0) is 0 Å². The van der Waals surface area contributed by atoms with Gasteiger partial charge >= 0.3 is 0 Å². The number of nitrogens with two attached hydrogens (primary N) is 1. The summed E-state index contributed by atoms with van der Waals surface area (Å²) in [5.74, 6) is 0.224. The number of aromatic nitrogens is 3. The van der Waals surface area contributed by atoms with Gasteiger partial charge in [-0.25, -0.2) is 4.98 Å². The Morgan fingerprint density at radius 3 is 2.78 bits per heavy atom. The Morgan fingerprint density at radius 2 is 2.17 bits per heavy atom. The number of nitrogens with zero attached hydrogens (tertiary/aromatic N) is 3. The van der Waals surface area contributed by atoms with Crippen molar-refractivity contribution >= 4 is 29.7 Å². The Morgan fingerprint density at radius 1 is 1.44 bits per heavy atom. The van der Waals surface area contributed by atoms with Crippen LogP contribution in [0, 0.1) is 6.92 Å². The number of hydrogen-bond donors (Lipinski definition) is 1. The van der Waals surface area contributed by atoms with Crippen molar-refractivity contribution in [2.45, 2.75) is 32.6 Å². The van der Waals surface area contributed by atoms with Gasteiger partial charge in [0.05, 0.1) is 5.69 Å². The fraction of sp³-hybridized carbons (Fsp3) is 0.417. The molecule has 0 unspecified atom stereocenters. The highest BCUT2D eigenvalue weighted by Crippen LogP contribution is 2.35. The van der Waals surface area contributed by atoms with E-state index >= 15 is 0 Å². The zero-order valence-electron chi connectivity index (χ0n) is 10.5. The first-order valence-corrected chi connectivity index (χ1v) is 6.10. The molecular formula is C12H14BN4O. The summed E-state index contributed by atoms with van der Waals surface area (Å²) in [6, 6.07) is 2.12. The molecule has 2 aromatic heterocycles. The van der Waals surface area contributed by atoms with Gasteiger partial charge in [-0.15, -0.1) is 0 Å². The topological polar surface area (TPSA) is 73.8 Å². The largest absolute Gasteiger partial charge is 0.368 e. The van der Waals surface area contributed by atoms with E-state index in [0.717, 1.165) is 23.9 Å². The van der Waals surface area contributed by atoms with E-state index < -0.39 is 0 Å². The minimum Gasteiger partial charge on any atom is -0.368 e. The second kappa shape index (κ2) is 3.83. The molecule has 0 spiro atoms. The number of anilines is 1. The third-order valence-corrected chi connectivity index (χ3v) is 3.35. The molecule has 3 rings (SSSR count). The van der Waals surface area contributed by atoms with Crippen molar-refractivity contribution in [3.63, 3.8) is 0 Å². The van der Waals surface area contributed by atoms with Crippen LogP contribution < -0.4 is 16.8 Å². The van der Waals surface area contributed by atoms with Crippen molar-refractivity contribution < 1.29 is 0 Å². The van der Waals surface area contributed by atoms with Crippen LogP contribution in [0.3, 0.4) is 0 Å². The molecule has 1 fully saturated rings. The van der Waals surface area contributed by atoms with Crippen LogP contribution in [-0.4, -0.2) is 21.8 Å². The Bertz CT molecular complexity index is 691. The Balaban J connectivity index is 2.46. The molecule has 1 saturated carbocycles. The van der Waals surface area contributed by atoms with Gasteiger partial charge in [-0.1, -0.05) is 12.9 Å². The molecule has 0 aliphatic heterocycles. The highest BCUT2D eigenvalue weighted by atomic mass is 16.1. The van der Waals surface area contributed by atoms with Crippen LogP contribution >= 0.6 is 0 Å². The second-order valence-electron chi connectivity index (χ2n) is 4.70. The lowest BCUT2D eigenvalue weighted by Gasteiger charge is -2.12. The number of pyridine rings is 1. The first-order chi connectivity index (χ1) is 8.61. The van der Waals surface area contributed by atoms with E-state index in [0.29, 0.717) is 11.1 Å². The van der Waals surface area contributed by atoms with E-state index in [1.54, 1.807) is 4.57 Å². The average molecular weight is 241 g/mol. The van der Waals surface area contributed by atoms with Crippen LogP contribution in [0.5, 0.6) is 0 Å². The molecule has 1 aliphatic carbocycles. The molecule has 5 nitrogen and oxygen atoms in total. The maximum atomic E-state index is 12.3. The fourth-order valence-corrected chi connectivity index (χ4v) is 2.27. The molecule has 6 heteroatoms. The summed E-state index contributed by atoms with van der Waals surface area (Å²) >= 11 is 0. The van der Waals surface area contributed by atoms with E-state index in [4.69, 9.17) is 5.73 Å². The van der Waals surface area contributed by atoms with Gasteiger partial charge in [-0.05, 0) is 25.2 Å². The summed E-state index contributed by atoms with van der Waals surface area (Å²) in [5, 5.41) is 0.906. The third kappa shape index (κ3) is 1.60. The van der Waals surface area contributed by atoms with E-state index in [-0.39, 0.29) is 17.5 Å². The van der Waals surface area contributed by atoms with Crippen LogP contribution in [0.25, 0.3) is 11.0 Å². The number of fused-ring (bicyclic) bond motifs is 1. The molecule has 0 aromatic carbocycles. The smallest absolute Gasteiger partial charge is 0.246 e. The Labute approximate surface area is 105 Å². The predicted molar refractivity (Wildman–Crippen MR) is 72.5 cm³/mol. The average Bonchev–Trinajstić information content (AvgIpc) is 3.12. The maximum absolute atomic E-state index is 12.3. The second-order valence-corrected chi connectivity index (χ2v) is 4.70. The quantitative estimate of drug-likeness (QED) is 0.772. The lowest BCUT2D eigenvalue weighted by Crippen LogP contribution is -2.37. The van der Waals surface area contributed by atoms with Crippen LogP contribution in [0.15, 0.2) is 10.9 Å². The molecule has 2 aromatic rings. The van der Waals surface area contributed by atoms with Gasteiger partial charge in [0.15, 0.2) is 7.28 Å². The van der Waals surface area contributed by atoms with Gasteiger partial charge in [0.1, 0.15) is 5.65 Å². The zero-order valence-corrected chi connectivity index (χ0v) is 10.5. The predicted octanol–water partition coefficient (Wildman–Crippen LogP) is 0.395. The molecule has 91 valence electrons. The minimum atomic E-state index is 0.0185. The number of hydrogen-bond acceptors (Lipinski definition) is 4. The molecule has 1 radical (unpaired) electrons. The molecule has 18 heavy (non-hydrogen) atoms. The lowest BCUT2D eigenvalue weighted by molar-refractivity contribution is 0.733. The summed E-state index contributed by atoms with van der Waals surface area (Å²) < 4.78 is 1.77. The van der Waals surface area contributed by atoms with E-state index in [1.807, 2.05) is 27.1 Å². The van der Waals surface area contributed by atoms with Crippen molar-refractivity contribution in [1.82, 2.24) is 14.5 Å². The van der Waals surface area contributed by atoms with Crippen LogP contribution in [0.2, 0.25) is 6.82 Å². The van der Waals surface area contributed by atoms with Crippen molar-refractivity contribution in [2.75, 3.05) is 5.73 Å². The molecule has 0 atom stereocenters. The Hall–Kier alpha value is -1.85. The van der Waals surface area contributed by atoms with Crippen LogP contribution in [0.1, 0.15) is 24.6 Å². The molecule has 2 heterocycles. The maximum Gasteiger partial charge on any atom is 0.246 e. The molecule has 2 N–H and O–H groups in total.